The van der Waals surface area contributed by atoms with E-state index in [0.29, 0.717) is 11.9 Å². The van der Waals surface area contributed by atoms with E-state index in [1.165, 1.54) is 6.07 Å². The summed E-state index contributed by atoms with van der Waals surface area (Å²) in [7, 11) is 0. The van der Waals surface area contributed by atoms with Gasteiger partial charge in [0.25, 0.3) is 0 Å². The largest absolute Gasteiger partial charge is 0.417 e. The minimum Gasteiger partial charge on any atom is -0.356 e. The fraction of sp³-hybridized carbons (Fsp3) is 0.400. The van der Waals surface area contributed by atoms with Crippen molar-refractivity contribution in [2.45, 2.75) is 38.4 Å². The zero-order chi connectivity index (χ0) is 19.0. The van der Waals surface area contributed by atoms with Crippen LogP contribution in [0, 0.1) is 0 Å². The SMILES string of the molecule is CCc1nc2ccccc2n1C1CCN(c2ccc(C(F)(F)F)cn2)CC1. The van der Waals surface area contributed by atoms with Gasteiger partial charge in [0.2, 0.25) is 0 Å². The van der Waals surface area contributed by atoms with Crippen molar-refractivity contribution in [1.82, 2.24) is 14.5 Å². The number of aryl methyl sites for hydroxylation is 1. The molecule has 4 nitrogen and oxygen atoms in total. The Hall–Kier alpha value is -2.57. The van der Waals surface area contributed by atoms with Crippen LogP contribution in [0.15, 0.2) is 42.6 Å². The molecule has 0 spiro atoms. The standard InChI is InChI=1S/C20H21F3N4/c1-2-18-25-16-5-3-4-6-17(16)27(18)15-9-11-26(12-10-15)19-8-7-14(13-24-19)20(21,22)23/h3-8,13,15H,2,9-12H2,1H3. The summed E-state index contributed by atoms with van der Waals surface area (Å²) in [5.74, 6) is 1.69. The highest BCUT2D eigenvalue weighted by atomic mass is 19.4. The lowest BCUT2D eigenvalue weighted by molar-refractivity contribution is -0.137. The van der Waals surface area contributed by atoms with E-state index in [2.05, 4.69) is 27.4 Å². The number of fused-ring (bicyclic) bond motifs is 1. The summed E-state index contributed by atoms with van der Waals surface area (Å²) < 4.78 is 40.5. The quantitative estimate of drug-likeness (QED) is 0.657. The van der Waals surface area contributed by atoms with Gasteiger partial charge in [-0.1, -0.05) is 19.1 Å². The molecule has 1 fully saturated rings. The van der Waals surface area contributed by atoms with Gasteiger partial charge in [-0.15, -0.1) is 0 Å². The molecule has 0 N–H and O–H groups in total. The molecule has 7 heteroatoms. The molecule has 0 amide bonds. The van der Waals surface area contributed by atoms with E-state index in [9.17, 15) is 13.2 Å². The molecule has 1 aliphatic heterocycles. The minimum absolute atomic E-state index is 0.345. The average molecular weight is 374 g/mol. The van der Waals surface area contributed by atoms with Gasteiger partial charge < -0.3 is 9.47 Å². The Morgan fingerprint density at radius 2 is 1.81 bits per heavy atom. The number of pyridine rings is 1. The first-order valence-corrected chi connectivity index (χ1v) is 9.21. The highest BCUT2D eigenvalue weighted by molar-refractivity contribution is 5.76. The molecule has 142 valence electrons. The third-order valence-electron chi connectivity index (χ3n) is 5.21. The lowest BCUT2D eigenvalue weighted by Crippen LogP contribution is -2.35. The highest BCUT2D eigenvalue weighted by Crippen LogP contribution is 2.32. The molecule has 3 heterocycles. The van der Waals surface area contributed by atoms with E-state index in [1.807, 2.05) is 18.2 Å². The minimum atomic E-state index is -4.35. The number of rotatable bonds is 3. The smallest absolute Gasteiger partial charge is 0.356 e. The maximum Gasteiger partial charge on any atom is 0.417 e. The van der Waals surface area contributed by atoms with Crippen molar-refractivity contribution in [3.63, 3.8) is 0 Å². The van der Waals surface area contributed by atoms with Crippen molar-refractivity contribution in [1.29, 1.82) is 0 Å². The molecule has 0 unspecified atom stereocenters. The van der Waals surface area contributed by atoms with Gasteiger partial charge in [-0.2, -0.15) is 13.2 Å². The van der Waals surface area contributed by atoms with Crippen molar-refractivity contribution in [2.24, 2.45) is 0 Å². The molecule has 4 rings (SSSR count). The second-order valence-corrected chi connectivity index (χ2v) is 6.86. The van der Waals surface area contributed by atoms with Gasteiger partial charge in [0.05, 0.1) is 16.6 Å². The first-order chi connectivity index (χ1) is 13.0. The van der Waals surface area contributed by atoms with Crippen LogP contribution < -0.4 is 4.90 Å². The Labute approximate surface area is 155 Å². The van der Waals surface area contributed by atoms with Crippen LogP contribution in [0.25, 0.3) is 11.0 Å². The van der Waals surface area contributed by atoms with E-state index in [1.54, 1.807) is 0 Å². The lowest BCUT2D eigenvalue weighted by atomic mass is 10.0. The molecule has 3 aromatic rings. The molecule has 1 aliphatic rings. The topological polar surface area (TPSA) is 34.0 Å². The monoisotopic (exact) mass is 374 g/mol. The fourth-order valence-electron chi connectivity index (χ4n) is 3.85. The number of para-hydroxylation sites is 2. The number of alkyl halides is 3. The summed E-state index contributed by atoms with van der Waals surface area (Å²) in [5, 5.41) is 0. The number of halogens is 3. The van der Waals surface area contributed by atoms with Crippen molar-refractivity contribution in [3.8, 4) is 0 Å². The van der Waals surface area contributed by atoms with Gasteiger partial charge in [-0.05, 0) is 37.1 Å². The van der Waals surface area contributed by atoms with Gasteiger partial charge >= 0.3 is 6.18 Å². The molecule has 2 aromatic heterocycles. The van der Waals surface area contributed by atoms with E-state index < -0.39 is 11.7 Å². The molecule has 0 aliphatic carbocycles. The van der Waals surface area contributed by atoms with Gasteiger partial charge in [-0.25, -0.2) is 9.97 Å². The summed E-state index contributed by atoms with van der Waals surface area (Å²) in [5.41, 5.74) is 1.46. The van der Waals surface area contributed by atoms with Crippen LogP contribution in [0.1, 0.15) is 37.2 Å². The van der Waals surface area contributed by atoms with Crippen molar-refractivity contribution >= 4 is 16.9 Å². The second kappa shape index (κ2) is 6.87. The Bertz CT molecular complexity index is 923. The van der Waals surface area contributed by atoms with Crippen LogP contribution in [0.5, 0.6) is 0 Å². The van der Waals surface area contributed by atoms with Crippen LogP contribution in [0.2, 0.25) is 0 Å². The van der Waals surface area contributed by atoms with Crippen LogP contribution in [0.3, 0.4) is 0 Å². The molecule has 0 radical (unpaired) electrons. The van der Waals surface area contributed by atoms with Gasteiger partial charge in [0.15, 0.2) is 0 Å². The molecule has 0 atom stereocenters. The summed E-state index contributed by atoms with van der Waals surface area (Å²) in [6.45, 7) is 3.64. The Morgan fingerprint density at radius 3 is 2.44 bits per heavy atom. The Morgan fingerprint density at radius 1 is 1.07 bits per heavy atom. The van der Waals surface area contributed by atoms with Crippen LogP contribution in [-0.4, -0.2) is 27.6 Å². The van der Waals surface area contributed by atoms with Crippen LogP contribution in [-0.2, 0) is 12.6 Å². The second-order valence-electron chi connectivity index (χ2n) is 6.86. The van der Waals surface area contributed by atoms with Gasteiger partial charge in [0.1, 0.15) is 11.6 Å². The molecular weight excluding hydrogens is 353 g/mol. The molecule has 1 saturated heterocycles. The van der Waals surface area contributed by atoms with E-state index >= 15 is 0 Å². The normalized spacial score (nSPS) is 16.2. The molecule has 0 saturated carbocycles. The first kappa shape index (κ1) is 17.8. The van der Waals surface area contributed by atoms with Crippen LogP contribution >= 0.6 is 0 Å². The number of piperidine rings is 1. The predicted molar refractivity (Wildman–Crippen MR) is 98.8 cm³/mol. The zero-order valence-electron chi connectivity index (χ0n) is 15.1. The predicted octanol–water partition coefficient (Wildman–Crippen LogP) is 4.85. The van der Waals surface area contributed by atoms with E-state index in [-0.39, 0.29) is 0 Å². The highest BCUT2D eigenvalue weighted by Gasteiger charge is 2.31. The number of hydrogen-bond donors (Lipinski definition) is 0. The summed E-state index contributed by atoms with van der Waals surface area (Å²) in [6.07, 6.45) is -0.737. The number of aromatic nitrogens is 3. The summed E-state index contributed by atoms with van der Waals surface area (Å²) in [4.78, 5) is 10.8. The number of nitrogens with zero attached hydrogens (tertiary/aromatic N) is 4. The lowest BCUT2D eigenvalue weighted by Gasteiger charge is -2.34. The number of imidazole rings is 1. The number of anilines is 1. The zero-order valence-corrected chi connectivity index (χ0v) is 15.1. The van der Waals surface area contributed by atoms with Gasteiger partial charge in [0, 0.05) is 31.7 Å². The number of benzene rings is 1. The Balaban J connectivity index is 1.51. The van der Waals surface area contributed by atoms with E-state index in [0.717, 1.165) is 61.5 Å². The summed E-state index contributed by atoms with van der Waals surface area (Å²) >= 11 is 0. The maximum atomic E-state index is 12.7. The molecule has 1 aromatic carbocycles. The van der Waals surface area contributed by atoms with Crippen molar-refractivity contribution in [3.05, 3.63) is 54.0 Å². The molecular formula is C20H21F3N4. The van der Waals surface area contributed by atoms with Crippen molar-refractivity contribution in [2.75, 3.05) is 18.0 Å². The maximum absolute atomic E-state index is 12.7. The fourth-order valence-corrected chi connectivity index (χ4v) is 3.85. The molecule has 0 bridgehead atoms. The average Bonchev–Trinajstić information content (AvgIpc) is 3.06. The van der Waals surface area contributed by atoms with E-state index in [4.69, 9.17) is 4.98 Å². The third-order valence-corrected chi connectivity index (χ3v) is 5.21. The molecule has 27 heavy (non-hydrogen) atoms. The third kappa shape index (κ3) is 3.38. The summed E-state index contributed by atoms with van der Waals surface area (Å²) in [6, 6.07) is 11.1. The Kier molecular flexibility index (Phi) is 4.53. The number of hydrogen-bond acceptors (Lipinski definition) is 3. The first-order valence-electron chi connectivity index (χ1n) is 9.21. The van der Waals surface area contributed by atoms with Gasteiger partial charge in [-0.3, -0.25) is 0 Å². The van der Waals surface area contributed by atoms with Crippen molar-refractivity contribution < 1.29 is 13.2 Å². The van der Waals surface area contributed by atoms with Crippen LogP contribution in [0.4, 0.5) is 19.0 Å².